The number of rotatable bonds is 0. The van der Waals surface area contributed by atoms with Crippen LogP contribution in [0.5, 0.6) is 0 Å². The van der Waals surface area contributed by atoms with E-state index < -0.39 is 0 Å². The van der Waals surface area contributed by atoms with Gasteiger partial charge >= 0.3 is 0 Å². The molecule has 1 heteroatoms. The number of hydrogen-bond donors (Lipinski definition) is 0. The van der Waals surface area contributed by atoms with Crippen molar-refractivity contribution in [2.24, 2.45) is 5.92 Å². The molecule has 0 nitrogen and oxygen atoms in total. The van der Waals surface area contributed by atoms with Crippen molar-refractivity contribution in [1.82, 2.24) is 0 Å². The van der Waals surface area contributed by atoms with Crippen LogP contribution >= 0.6 is 11.8 Å². The summed E-state index contributed by atoms with van der Waals surface area (Å²) in [7, 11) is 0. The molecule has 0 spiro atoms. The van der Waals surface area contributed by atoms with E-state index in [0.717, 1.165) is 11.2 Å². The van der Waals surface area contributed by atoms with Crippen molar-refractivity contribution in [3.63, 3.8) is 0 Å². The molecule has 9 heavy (non-hydrogen) atoms. The van der Waals surface area contributed by atoms with Crippen LogP contribution in [0.4, 0.5) is 0 Å². The molecule has 1 saturated heterocycles. The smallest absolute Gasteiger partial charge is 0.00216 e. The Morgan fingerprint density at radius 3 is 1.89 bits per heavy atom. The van der Waals surface area contributed by atoms with E-state index in [1.807, 2.05) is 13.8 Å². The van der Waals surface area contributed by atoms with Crippen molar-refractivity contribution in [1.29, 1.82) is 0 Å². The highest BCUT2D eigenvalue weighted by atomic mass is 32.2. The van der Waals surface area contributed by atoms with Gasteiger partial charge in [-0.1, -0.05) is 27.7 Å². The fraction of sp³-hybridized carbons (Fsp3) is 1.00. The quantitative estimate of drug-likeness (QED) is 0.506. The summed E-state index contributed by atoms with van der Waals surface area (Å²) in [6.45, 7) is 8.64. The number of hydrogen-bond acceptors (Lipinski definition) is 1. The monoisotopic (exact) mass is 146 g/mol. The topological polar surface area (TPSA) is 0 Å². The second-order valence-electron chi connectivity index (χ2n) is 2.48. The molecule has 0 bridgehead atoms. The van der Waals surface area contributed by atoms with Gasteiger partial charge in [0, 0.05) is 5.25 Å². The van der Waals surface area contributed by atoms with Crippen LogP contribution < -0.4 is 0 Å². The van der Waals surface area contributed by atoms with Crippen LogP contribution in [0.15, 0.2) is 0 Å². The Labute approximate surface area is 63.4 Å². The maximum Gasteiger partial charge on any atom is 0.00216 e. The van der Waals surface area contributed by atoms with Crippen LogP contribution in [0.1, 0.15) is 34.1 Å². The molecule has 2 unspecified atom stereocenters. The molecule has 2 atom stereocenters. The van der Waals surface area contributed by atoms with Gasteiger partial charge in [-0.05, 0) is 18.1 Å². The van der Waals surface area contributed by atoms with E-state index in [9.17, 15) is 0 Å². The van der Waals surface area contributed by atoms with Gasteiger partial charge in [0.2, 0.25) is 0 Å². The Morgan fingerprint density at radius 2 is 1.78 bits per heavy atom. The first kappa shape index (κ1) is 9.35. The van der Waals surface area contributed by atoms with Crippen molar-refractivity contribution in [2.75, 3.05) is 5.75 Å². The Hall–Kier alpha value is 0.350. The fourth-order valence-electron chi connectivity index (χ4n) is 1.03. The third kappa shape index (κ3) is 3.85. The predicted molar refractivity (Wildman–Crippen MR) is 47.0 cm³/mol. The molecule has 0 N–H and O–H groups in total. The van der Waals surface area contributed by atoms with Crippen molar-refractivity contribution in [3.05, 3.63) is 0 Å². The molecule has 1 fully saturated rings. The minimum absolute atomic E-state index is 0.940. The van der Waals surface area contributed by atoms with Gasteiger partial charge in [0.1, 0.15) is 0 Å². The Morgan fingerprint density at radius 1 is 1.22 bits per heavy atom. The highest BCUT2D eigenvalue weighted by Gasteiger charge is 2.16. The van der Waals surface area contributed by atoms with E-state index in [2.05, 4.69) is 25.6 Å². The first-order chi connectivity index (χ1) is 4.29. The van der Waals surface area contributed by atoms with Crippen LogP contribution in [0.2, 0.25) is 0 Å². The second kappa shape index (κ2) is 5.16. The maximum absolute atomic E-state index is 2.33. The van der Waals surface area contributed by atoms with Crippen molar-refractivity contribution >= 4 is 11.8 Å². The summed E-state index contributed by atoms with van der Waals surface area (Å²) in [6.07, 6.45) is 1.44. The molecule has 0 aromatic heterocycles. The highest BCUT2D eigenvalue weighted by molar-refractivity contribution is 8.00. The summed E-state index contributed by atoms with van der Waals surface area (Å²) in [4.78, 5) is 0. The Balaban J connectivity index is 0.000000291. The van der Waals surface area contributed by atoms with Crippen molar-refractivity contribution < 1.29 is 0 Å². The SMILES string of the molecule is CC.CC1CSC(C)C1. The summed E-state index contributed by atoms with van der Waals surface area (Å²) in [5, 5.41) is 0.940. The molecule has 1 heterocycles. The van der Waals surface area contributed by atoms with Crippen molar-refractivity contribution in [2.45, 2.75) is 39.4 Å². The molecular formula is C8H18S. The average molecular weight is 146 g/mol. The maximum atomic E-state index is 2.33. The largest absolute Gasteiger partial charge is 0.159 e. The first-order valence-electron chi connectivity index (χ1n) is 3.90. The lowest BCUT2D eigenvalue weighted by atomic mass is 10.1. The molecule has 56 valence electrons. The summed E-state index contributed by atoms with van der Waals surface area (Å²) in [5.74, 6) is 2.38. The third-order valence-corrected chi connectivity index (χ3v) is 2.92. The zero-order chi connectivity index (χ0) is 7.28. The molecule has 1 rings (SSSR count). The molecule has 1 aliphatic rings. The van der Waals surface area contributed by atoms with E-state index in [1.54, 1.807) is 0 Å². The standard InChI is InChI=1S/C6H12S.C2H6/c1-5-3-6(2)7-4-5;1-2/h5-6H,3-4H2,1-2H3;1-2H3. The van der Waals surface area contributed by atoms with Gasteiger partial charge in [0.25, 0.3) is 0 Å². The van der Waals surface area contributed by atoms with Gasteiger partial charge in [-0.2, -0.15) is 11.8 Å². The molecular weight excluding hydrogens is 128 g/mol. The van der Waals surface area contributed by atoms with Crippen LogP contribution in [0.25, 0.3) is 0 Å². The minimum atomic E-state index is 0.940. The molecule has 0 amide bonds. The molecule has 0 aromatic rings. The lowest BCUT2D eigenvalue weighted by Gasteiger charge is -1.94. The molecule has 1 aliphatic heterocycles. The minimum Gasteiger partial charge on any atom is -0.159 e. The van der Waals surface area contributed by atoms with Crippen LogP contribution in [0.3, 0.4) is 0 Å². The zero-order valence-electron chi connectivity index (χ0n) is 6.98. The molecule has 0 saturated carbocycles. The Kier molecular flexibility index (Phi) is 5.36. The number of thioether (sulfide) groups is 1. The molecule has 0 aliphatic carbocycles. The zero-order valence-corrected chi connectivity index (χ0v) is 7.79. The highest BCUT2D eigenvalue weighted by Crippen LogP contribution is 2.29. The second-order valence-corrected chi connectivity index (χ2v) is 3.96. The van der Waals surface area contributed by atoms with Gasteiger partial charge < -0.3 is 0 Å². The lowest BCUT2D eigenvalue weighted by Crippen LogP contribution is -1.90. The van der Waals surface area contributed by atoms with Gasteiger partial charge in [-0.25, -0.2) is 0 Å². The van der Waals surface area contributed by atoms with E-state index in [-0.39, 0.29) is 0 Å². The van der Waals surface area contributed by atoms with Gasteiger partial charge in [-0.3, -0.25) is 0 Å². The Bertz CT molecular complexity index is 53.6. The summed E-state index contributed by atoms with van der Waals surface area (Å²) in [6, 6.07) is 0. The van der Waals surface area contributed by atoms with Gasteiger partial charge in [0.15, 0.2) is 0 Å². The van der Waals surface area contributed by atoms with Crippen LogP contribution in [-0.4, -0.2) is 11.0 Å². The van der Waals surface area contributed by atoms with Crippen molar-refractivity contribution in [3.8, 4) is 0 Å². The van der Waals surface area contributed by atoms with E-state index >= 15 is 0 Å². The van der Waals surface area contributed by atoms with Crippen LogP contribution in [-0.2, 0) is 0 Å². The van der Waals surface area contributed by atoms with Gasteiger partial charge in [0.05, 0.1) is 0 Å². The van der Waals surface area contributed by atoms with Gasteiger partial charge in [-0.15, -0.1) is 0 Å². The summed E-state index contributed by atoms with van der Waals surface area (Å²) >= 11 is 2.11. The van der Waals surface area contributed by atoms with Crippen LogP contribution in [0, 0.1) is 5.92 Å². The normalized spacial score (nSPS) is 33.3. The first-order valence-corrected chi connectivity index (χ1v) is 4.95. The average Bonchev–Trinajstić information content (AvgIpc) is 2.20. The van der Waals surface area contributed by atoms with E-state index in [4.69, 9.17) is 0 Å². The predicted octanol–water partition coefficient (Wildman–Crippen LogP) is 3.17. The fourth-order valence-corrected chi connectivity index (χ4v) is 2.29. The third-order valence-electron chi connectivity index (χ3n) is 1.40. The molecule has 0 radical (unpaired) electrons. The van der Waals surface area contributed by atoms with E-state index in [0.29, 0.717) is 0 Å². The van der Waals surface area contributed by atoms with E-state index in [1.165, 1.54) is 12.2 Å². The lowest BCUT2D eigenvalue weighted by molar-refractivity contribution is 0.626. The summed E-state index contributed by atoms with van der Waals surface area (Å²) < 4.78 is 0. The molecule has 0 aromatic carbocycles. The summed E-state index contributed by atoms with van der Waals surface area (Å²) in [5.41, 5.74) is 0.